The minimum absolute atomic E-state index is 0.180. The van der Waals surface area contributed by atoms with Gasteiger partial charge in [-0.25, -0.2) is 9.97 Å². The quantitative estimate of drug-likeness (QED) is 0.529. The van der Waals surface area contributed by atoms with Gasteiger partial charge in [0.25, 0.3) is 0 Å². The van der Waals surface area contributed by atoms with E-state index in [4.69, 9.17) is 9.97 Å². The lowest BCUT2D eigenvalue weighted by Crippen LogP contribution is -2.43. The Morgan fingerprint density at radius 3 is 2.40 bits per heavy atom. The molecule has 0 bridgehead atoms. The first-order chi connectivity index (χ1) is 11.8. The summed E-state index contributed by atoms with van der Waals surface area (Å²) >= 11 is 3.32. The maximum absolute atomic E-state index is 12.7. The van der Waals surface area contributed by atoms with Crippen LogP contribution in [0, 0.1) is 13.8 Å². The van der Waals surface area contributed by atoms with Crippen LogP contribution in [0.4, 0.5) is 0 Å². The van der Waals surface area contributed by atoms with Gasteiger partial charge in [0.15, 0.2) is 0 Å². The maximum Gasteiger partial charge on any atom is 0.233 e. The average molecular weight is 378 g/mol. The number of aryl methyl sites for hydroxylation is 2. The summed E-state index contributed by atoms with van der Waals surface area (Å²) in [4.78, 5) is 26.7. The van der Waals surface area contributed by atoms with Gasteiger partial charge in [-0.3, -0.25) is 4.79 Å². The van der Waals surface area contributed by atoms with Gasteiger partial charge in [-0.05, 0) is 59.9 Å². The third kappa shape index (κ3) is 3.85. The van der Waals surface area contributed by atoms with Crippen molar-refractivity contribution in [3.63, 3.8) is 0 Å². The Balaban J connectivity index is 1.88. The van der Waals surface area contributed by atoms with E-state index in [1.165, 1.54) is 23.3 Å². The summed E-state index contributed by atoms with van der Waals surface area (Å²) in [6.45, 7) is 12.6. The summed E-state index contributed by atoms with van der Waals surface area (Å²) in [6, 6.07) is 0.427. The second-order valence-electron chi connectivity index (χ2n) is 7.40. The second-order valence-corrected chi connectivity index (χ2v) is 9.57. The normalized spacial score (nSPS) is 14.7. The summed E-state index contributed by atoms with van der Waals surface area (Å²) in [7, 11) is 0. The van der Waals surface area contributed by atoms with Crippen LogP contribution in [0.2, 0.25) is 0 Å². The molecule has 25 heavy (non-hydrogen) atoms. The Labute approximate surface area is 158 Å². The highest BCUT2D eigenvalue weighted by Gasteiger charge is 2.29. The van der Waals surface area contributed by atoms with Gasteiger partial charge in [-0.15, -0.1) is 11.3 Å². The molecule has 0 aromatic carbocycles. The topological polar surface area (TPSA) is 46.1 Å². The number of carbonyl (C=O) groups excluding carboxylic acids is 1. The number of amides is 1. The molecule has 3 rings (SSSR count). The van der Waals surface area contributed by atoms with Crippen molar-refractivity contribution >= 4 is 39.2 Å². The molecule has 2 aromatic heterocycles. The van der Waals surface area contributed by atoms with Gasteiger partial charge in [-0.2, -0.15) is 0 Å². The predicted octanol–water partition coefficient (Wildman–Crippen LogP) is 4.92. The molecule has 0 N–H and O–H groups in total. The molecule has 136 valence electrons. The summed E-state index contributed by atoms with van der Waals surface area (Å²) in [5.74, 6) is 2.10. The van der Waals surface area contributed by atoms with Crippen LogP contribution < -0.4 is 0 Å². The second kappa shape index (κ2) is 7.23. The number of nitrogens with zero attached hydrogens (tertiary/aromatic N) is 3. The van der Waals surface area contributed by atoms with Crippen molar-refractivity contribution in [1.82, 2.24) is 14.9 Å². The Bertz CT molecular complexity index is 786. The maximum atomic E-state index is 12.7. The lowest BCUT2D eigenvalue weighted by atomic mass is 10.2. The fraction of sp³-hybridized carbons (Fsp3) is 0.632. The number of aromatic nitrogens is 2. The summed E-state index contributed by atoms with van der Waals surface area (Å²) in [6.07, 6.45) is 2.37. The first kappa shape index (κ1) is 18.6. The van der Waals surface area contributed by atoms with Crippen molar-refractivity contribution in [3.05, 3.63) is 16.3 Å². The van der Waals surface area contributed by atoms with E-state index in [0.717, 1.165) is 21.1 Å². The highest BCUT2D eigenvalue weighted by atomic mass is 32.2. The lowest BCUT2D eigenvalue weighted by Gasteiger charge is -2.30. The molecular formula is C19H27N3OS2. The van der Waals surface area contributed by atoms with Crippen LogP contribution in [-0.2, 0) is 4.79 Å². The third-order valence-electron chi connectivity index (χ3n) is 4.69. The largest absolute Gasteiger partial charge is 0.337 e. The van der Waals surface area contributed by atoms with E-state index in [1.807, 2.05) is 4.90 Å². The van der Waals surface area contributed by atoms with Crippen molar-refractivity contribution in [1.29, 1.82) is 0 Å². The molecule has 1 saturated carbocycles. The zero-order valence-corrected chi connectivity index (χ0v) is 17.6. The van der Waals surface area contributed by atoms with Crippen molar-refractivity contribution in [3.8, 4) is 0 Å². The van der Waals surface area contributed by atoms with E-state index in [1.54, 1.807) is 23.1 Å². The molecule has 4 nitrogen and oxygen atoms in total. The summed E-state index contributed by atoms with van der Waals surface area (Å²) < 4.78 is 0. The first-order valence-corrected chi connectivity index (χ1v) is 10.8. The number of hydrogen-bond donors (Lipinski definition) is 0. The Morgan fingerprint density at radius 2 is 1.84 bits per heavy atom. The molecule has 1 aliphatic carbocycles. The predicted molar refractivity (Wildman–Crippen MR) is 107 cm³/mol. The minimum Gasteiger partial charge on any atom is -0.337 e. The van der Waals surface area contributed by atoms with E-state index in [9.17, 15) is 4.79 Å². The van der Waals surface area contributed by atoms with E-state index >= 15 is 0 Å². The molecule has 2 heterocycles. The van der Waals surface area contributed by atoms with E-state index in [-0.39, 0.29) is 18.0 Å². The van der Waals surface area contributed by atoms with Gasteiger partial charge < -0.3 is 4.90 Å². The van der Waals surface area contributed by atoms with Crippen molar-refractivity contribution in [2.45, 2.75) is 77.4 Å². The monoisotopic (exact) mass is 377 g/mol. The van der Waals surface area contributed by atoms with Crippen molar-refractivity contribution in [2.75, 3.05) is 5.75 Å². The van der Waals surface area contributed by atoms with Crippen molar-refractivity contribution in [2.24, 2.45) is 0 Å². The summed E-state index contributed by atoms with van der Waals surface area (Å²) in [5.41, 5.74) is 1.25. The molecule has 0 atom stereocenters. The SMILES string of the molecule is Cc1sc2nc(C3CC3)nc(SCC(=O)N(C(C)C)C(C)C)c2c1C. The molecule has 6 heteroatoms. The minimum atomic E-state index is 0.180. The molecule has 0 saturated heterocycles. The molecule has 0 radical (unpaired) electrons. The molecule has 2 aromatic rings. The van der Waals surface area contributed by atoms with Gasteiger partial charge in [-0.1, -0.05) is 11.8 Å². The summed E-state index contributed by atoms with van der Waals surface area (Å²) in [5, 5.41) is 2.12. The van der Waals surface area contributed by atoms with Crippen molar-refractivity contribution < 1.29 is 4.79 Å². The van der Waals surface area contributed by atoms with Gasteiger partial charge >= 0.3 is 0 Å². The number of fused-ring (bicyclic) bond motifs is 1. The standard InChI is InChI=1S/C19H27N3OS2/c1-10(2)22(11(3)4)15(23)9-24-18-16-12(5)13(6)25-19(16)21-17(20-18)14-7-8-14/h10-11,14H,7-9H2,1-6H3. The van der Waals surface area contributed by atoms with E-state index < -0.39 is 0 Å². The Morgan fingerprint density at radius 1 is 1.20 bits per heavy atom. The number of hydrogen-bond acceptors (Lipinski definition) is 5. The van der Waals surface area contributed by atoms with Crippen LogP contribution in [0.3, 0.4) is 0 Å². The zero-order valence-electron chi connectivity index (χ0n) is 15.9. The first-order valence-electron chi connectivity index (χ1n) is 9.01. The molecule has 0 spiro atoms. The van der Waals surface area contributed by atoms with Crippen LogP contribution >= 0.6 is 23.1 Å². The number of thiophene rings is 1. The van der Waals surface area contributed by atoms with Gasteiger partial charge in [0.05, 0.1) is 5.75 Å². The fourth-order valence-electron chi connectivity index (χ4n) is 3.23. The van der Waals surface area contributed by atoms with Crippen LogP contribution in [0.5, 0.6) is 0 Å². The van der Waals surface area contributed by atoms with Gasteiger partial charge in [0.2, 0.25) is 5.91 Å². The third-order valence-corrected chi connectivity index (χ3v) is 6.75. The average Bonchev–Trinajstić information content (AvgIpc) is 3.32. The molecule has 1 aliphatic rings. The number of thioether (sulfide) groups is 1. The lowest BCUT2D eigenvalue weighted by molar-refractivity contribution is -0.131. The van der Waals surface area contributed by atoms with Crippen LogP contribution in [-0.4, -0.2) is 38.6 Å². The molecule has 0 aliphatic heterocycles. The zero-order chi connectivity index (χ0) is 18.3. The molecule has 1 fully saturated rings. The fourth-order valence-corrected chi connectivity index (χ4v) is 5.30. The molecule has 0 unspecified atom stereocenters. The highest BCUT2D eigenvalue weighted by Crippen LogP contribution is 2.42. The highest BCUT2D eigenvalue weighted by molar-refractivity contribution is 8.00. The number of rotatable bonds is 6. The molecular weight excluding hydrogens is 350 g/mol. The van der Waals surface area contributed by atoms with Crippen LogP contribution in [0.1, 0.15) is 62.7 Å². The van der Waals surface area contributed by atoms with Gasteiger partial charge in [0.1, 0.15) is 15.7 Å². The van der Waals surface area contributed by atoms with Crippen LogP contribution in [0.15, 0.2) is 5.03 Å². The van der Waals surface area contributed by atoms with E-state index in [0.29, 0.717) is 11.7 Å². The van der Waals surface area contributed by atoms with Gasteiger partial charge in [0, 0.05) is 28.3 Å². The van der Waals surface area contributed by atoms with Crippen LogP contribution in [0.25, 0.3) is 10.2 Å². The van der Waals surface area contributed by atoms with E-state index in [2.05, 4.69) is 41.5 Å². The Kier molecular flexibility index (Phi) is 5.40. The number of carbonyl (C=O) groups is 1. The Hall–Kier alpha value is -1.14. The molecule has 1 amide bonds. The smallest absolute Gasteiger partial charge is 0.233 e.